The molecule has 2 heterocycles. The largest absolute Gasteiger partial charge is 0.507 e. The Morgan fingerprint density at radius 1 is 1.03 bits per heavy atom. The van der Waals surface area contributed by atoms with E-state index in [1.807, 2.05) is 6.07 Å². The van der Waals surface area contributed by atoms with Gasteiger partial charge < -0.3 is 9.52 Å². The van der Waals surface area contributed by atoms with Gasteiger partial charge in [0.15, 0.2) is 0 Å². The van der Waals surface area contributed by atoms with Gasteiger partial charge in [-0.2, -0.15) is 5.26 Å². The van der Waals surface area contributed by atoms with Crippen LogP contribution in [-0.4, -0.2) is 16.8 Å². The number of amides is 1. The molecule has 1 saturated heterocycles. The molecule has 1 unspecified atom stereocenters. The molecule has 1 atom stereocenters. The molecular weight excluding hydrogens is 368 g/mol. The van der Waals surface area contributed by atoms with Crippen molar-refractivity contribution in [2.75, 3.05) is 4.90 Å². The van der Waals surface area contributed by atoms with Crippen LogP contribution in [0, 0.1) is 18.3 Å². The Morgan fingerprint density at radius 3 is 2.31 bits per heavy atom. The van der Waals surface area contributed by atoms with Crippen LogP contribution in [0.25, 0.3) is 5.76 Å². The molecule has 29 heavy (non-hydrogen) atoms. The van der Waals surface area contributed by atoms with E-state index in [1.165, 1.54) is 4.90 Å². The van der Waals surface area contributed by atoms with E-state index in [0.29, 0.717) is 28.3 Å². The monoisotopic (exact) mass is 384 g/mol. The van der Waals surface area contributed by atoms with Crippen LogP contribution < -0.4 is 4.90 Å². The zero-order valence-corrected chi connectivity index (χ0v) is 15.5. The van der Waals surface area contributed by atoms with Gasteiger partial charge >= 0.3 is 0 Å². The summed E-state index contributed by atoms with van der Waals surface area (Å²) < 4.78 is 5.73. The summed E-state index contributed by atoms with van der Waals surface area (Å²) in [5, 5.41) is 19.9. The number of aliphatic hydroxyl groups is 1. The number of rotatable bonds is 3. The van der Waals surface area contributed by atoms with E-state index >= 15 is 0 Å². The van der Waals surface area contributed by atoms with Gasteiger partial charge in [-0.25, -0.2) is 0 Å². The predicted octanol–water partition coefficient (Wildman–Crippen LogP) is 4.09. The highest BCUT2D eigenvalue weighted by atomic mass is 16.3. The molecule has 0 aliphatic carbocycles. The Balaban J connectivity index is 1.92. The predicted molar refractivity (Wildman–Crippen MR) is 106 cm³/mol. The van der Waals surface area contributed by atoms with Crippen LogP contribution in [0.2, 0.25) is 0 Å². The lowest BCUT2D eigenvalue weighted by molar-refractivity contribution is -0.132. The lowest BCUT2D eigenvalue weighted by Gasteiger charge is -2.23. The van der Waals surface area contributed by atoms with Crippen molar-refractivity contribution in [3.63, 3.8) is 0 Å². The molecule has 1 fully saturated rings. The molecule has 1 aliphatic rings. The van der Waals surface area contributed by atoms with Crippen LogP contribution in [0.1, 0.15) is 28.7 Å². The molecule has 1 amide bonds. The number of aliphatic hydroxyl groups excluding tert-OH is 1. The standard InChI is InChI=1S/C23H16N2O4/c1-14-7-12-18(29-14)20-19(21(26)16-5-3-2-4-6-16)22(27)23(28)25(20)17-10-8-15(13-24)9-11-17/h2-12,20,26H,1H3/b21-19-. The fraction of sp³-hybridized carbons (Fsp3) is 0.0870. The van der Waals surface area contributed by atoms with E-state index < -0.39 is 17.7 Å². The van der Waals surface area contributed by atoms with Gasteiger partial charge in [-0.1, -0.05) is 30.3 Å². The number of hydrogen-bond donors (Lipinski definition) is 1. The second kappa shape index (κ2) is 7.13. The van der Waals surface area contributed by atoms with E-state index in [9.17, 15) is 14.7 Å². The summed E-state index contributed by atoms with van der Waals surface area (Å²) in [4.78, 5) is 27.1. The van der Waals surface area contributed by atoms with E-state index in [1.54, 1.807) is 73.7 Å². The first kappa shape index (κ1) is 18.3. The third-order valence-electron chi connectivity index (χ3n) is 4.80. The number of nitrogens with zero attached hydrogens (tertiary/aromatic N) is 2. The average molecular weight is 384 g/mol. The number of aryl methyl sites for hydroxylation is 1. The molecule has 0 radical (unpaired) electrons. The SMILES string of the molecule is Cc1ccc(C2/C(=C(/O)c3ccccc3)C(=O)C(=O)N2c2ccc(C#N)cc2)o1. The molecule has 142 valence electrons. The van der Waals surface area contributed by atoms with Crippen LogP contribution in [0.3, 0.4) is 0 Å². The molecule has 6 nitrogen and oxygen atoms in total. The molecule has 1 N–H and O–H groups in total. The van der Waals surface area contributed by atoms with Crippen LogP contribution in [0.5, 0.6) is 0 Å². The topological polar surface area (TPSA) is 94.5 Å². The minimum Gasteiger partial charge on any atom is -0.507 e. The number of carbonyl (C=O) groups excluding carboxylic acids is 2. The third kappa shape index (κ3) is 3.09. The Morgan fingerprint density at radius 2 is 1.72 bits per heavy atom. The van der Waals surface area contributed by atoms with E-state index in [4.69, 9.17) is 9.68 Å². The molecule has 1 aliphatic heterocycles. The van der Waals surface area contributed by atoms with Crippen LogP contribution in [0.4, 0.5) is 5.69 Å². The smallest absolute Gasteiger partial charge is 0.300 e. The maximum atomic E-state index is 12.9. The minimum absolute atomic E-state index is 0.0418. The Bertz CT molecular complexity index is 1170. The summed E-state index contributed by atoms with van der Waals surface area (Å²) >= 11 is 0. The van der Waals surface area contributed by atoms with E-state index in [-0.39, 0.29) is 11.3 Å². The van der Waals surface area contributed by atoms with Crippen molar-refractivity contribution in [3.8, 4) is 6.07 Å². The van der Waals surface area contributed by atoms with Crippen LogP contribution in [0.15, 0.2) is 76.7 Å². The third-order valence-corrected chi connectivity index (χ3v) is 4.80. The molecular formula is C23H16N2O4. The zero-order chi connectivity index (χ0) is 20.5. The van der Waals surface area contributed by atoms with Crippen molar-refractivity contribution in [1.29, 1.82) is 5.26 Å². The first-order chi connectivity index (χ1) is 14.0. The van der Waals surface area contributed by atoms with Gasteiger partial charge in [-0.15, -0.1) is 0 Å². The number of hydrogen-bond acceptors (Lipinski definition) is 5. The summed E-state index contributed by atoms with van der Waals surface area (Å²) in [6.07, 6.45) is 0. The fourth-order valence-electron chi connectivity index (χ4n) is 3.42. The highest BCUT2D eigenvalue weighted by Gasteiger charge is 2.48. The Labute approximate surface area is 166 Å². The molecule has 6 heteroatoms. The van der Waals surface area contributed by atoms with Gasteiger partial charge in [0.1, 0.15) is 23.3 Å². The molecule has 2 aromatic carbocycles. The van der Waals surface area contributed by atoms with Gasteiger partial charge in [-0.05, 0) is 43.3 Å². The zero-order valence-electron chi connectivity index (χ0n) is 15.5. The number of carbonyl (C=O) groups is 2. The van der Waals surface area contributed by atoms with Crippen molar-refractivity contribution in [1.82, 2.24) is 0 Å². The lowest BCUT2D eigenvalue weighted by atomic mass is 9.99. The Kier molecular flexibility index (Phi) is 4.49. The average Bonchev–Trinajstić information content (AvgIpc) is 3.29. The summed E-state index contributed by atoms with van der Waals surface area (Å²) in [7, 11) is 0. The van der Waals surface area contributed by atoms with Crippen molar-refractivity contribution in [2.24, 2.45) is 0 Å². The Hall–Kier alpha value is -4.11. The van der Waals surface area contributed by atoms with Crippen molar-refractivity contribution < 1.29 is 19.1 Å². The number of anilines is 1. The van der Waals surface area contributed by atoms with Crippen molar-refractivity contribution in [3.05, 3.63) is 95.0 Å². The minimum atomic E-state index is -0.920. The first-order valence-corrected chi connectivity index (χ1v) is 8.94. The number of ketones is 1. The molecule has 1 aromatic heterocycles. The van der Waals surface area contributed by atoms with Gasteiger partial charge in [-0.3, -0.25) is 14.5 Å². The second-order valence-corrected chi connectivity index (χ2v) is 6.64. The summed E-state index contributed by atoms with van der Waals surface area (Å²) in [5.74, 6) is -0.853. The number of benzene rings is 2. The number of nitriles is 1. The molecule has 4 rings (SSSR count). The lowest BCUT2D eigenvalue weighted by Crippen LogP contribution is -2.29. The van der Waals surface area contributed by atoms with E-state index in [2.05, 4.69) is 0 Å². The van der Waals surface area contributed by atoms with Gasteiger partial charge in [0.2, 0.25) is 0 Å². The normalized spacial score (nSPS) is 18.1. The van der Waals surface area contributed by atoms with Gasteiger partial charge in [0, 0.05) is 11.3 Å². The van der Waals surface area contributed by atoms with Crippen molar-refractivity contribution in [2.45, 2.75) is 13.0 Å². The summed E-state index contributed by atoms with van der Waals surface area (Å²) in [6.45, 7) is 1.76. The molecule has 0 saturated carbocycles. The van der Waals surface area contributed by atoms with E-state index in [0.717, 1.165) is 0 Å². The summed E-state index contributed by atoms with van der Waals surface area (Å²) in [5.41, 5.74) is 1.25. The van der Waals surface area contributed by atoms with Crippen LogP contribution in [-0.2, 0) is 9.59 Å². The maximum Gasteiger partial charge on any atom is 0.300 e. The molecule has 0 spiro atoms. The summed E-state index contributed by atoms with van der Waals surface area (Å²) in [6, 6.07) is 19.4. The van der Waals surface area contributed by atoms with Gasteiger partial charge in [0.05, 0.1) is 17.2 Å². The van der Waals surface area contributed by atoms with Gasteiger partial charge in [0.25, 0.3) is 11.7 Å². The fourth-order valence-corrected chi connectivity index (χ4v) is 3.42. The highest BCUT2D eigenvalue weighted by Crippen LogP contribution is 2.42. The van der Waals surface area contributed by atoms with Crippen molar-refractivity contribution >= 4 is 23.1 Å². The molecule has 0 bridgehead atoms. The maximum absolute atomic E-state index is 12.9. The number of Topliss-reactive ketones (excluding diaryl/α,β-unsaturated/α-hetero) is 1. The van der Waals surface area contributed by atoms with Crippen LogP contribution >= 0.6 is 0 Å². The first-order valence-electron chi connectivity index (χ1n) is 8.94. The highest BCUT2D eigenvalue weighted by molar-refractivity contribution is 6.51. The number of furan rings is 1. The quantitative estimate of drug-likeness (QED) is 0.417. The second-order valence-electron chi connectivity index (χ2n) is 6.64. The molecule has 3 aromatic rings.